The monoisotopic (exact) mass is 459 g/mol. The minimum Gasteiger partial charge on any atom is -0.270 e. The van der Waals surface area contributed by atoms with Crippen molar-refractivity contribution in [2.24, 2.45) is 0 Å². The van der Waals surface area contributed by atoms with Crippen molar-refractivity contribution in [2.75, 3.05) is 0 Å². The zero-order chi connectivity index (χ0) is 20.4. The maximum atomic E-state index is 6.35. The standard InChI is InChI=1S/C22H16Cl3N3S/c1-14-10-11-15(12-20(14)25)21-26-27-22(28(21)16-6-3-2-4-7-16)29-13-17-18(23)8-5-9-19(17)24/h2-12H,13H2,1H3. The highest BCUT2D eigenvalue weighted by atomic mass is 35.5. The molecule has 0 unspecified atom stereocenters. The van der Waals surface area contributed by atoms with Crippen molar-refractivity contribution in [2.45, 2.75) is 17.8 Å². The Morgan fingerprint density at radius 1 is 0.828 bits per heavy atom. The Kier molecular flexibility index (Phi) is 6.16. The van der Waals surface area contributed by atoms with Gasteiger partial charge in [0.1, 0.15) is 0 Å². The van der Waals surface area contributed by atoms with Gasteiger partial charge in [0.15, 0.2) is 11.0 Å². The Bertz CT molecular complexity index is 1140. The van der Waals surface area contributed by atoms with Crippen molar-refractivity contribution < 1.29 is 0 Å². The van der Waals surface area contributed by atoms with E-state index in [0.29, 0.717) is 20.8 Å². The molecule has 146 valence electrons. The molecule has 29 heavy (non-hydrogen) atoms. The van der Waals surface area contributed by atoms with E-state index in [2.05, 4.69) is 10.2 Å². The largest absolute Gasteiger partial charge is 0.270 e. The van der Waals surface area contributed by atoms with Crippen LogP contribution in [0.5, 0.6) is 0 Å². The third-order valence-electron chi connectivity index (χ3n) is 4.49. The van der Waals surface area contributed by atoms with Crippen LogP contribution in [0.2, 0.25) is 15.1 Å². The van der Waals surface area contributed by atoms with Gasteiger partial charge in [0.25, 0.3) is 0 Å². The van der Waals surface area contributed by atoms with Crippen LogP contribution in [0.3, 0.4) is 0 Å². The molecule has 4 rings (SSSR count). The average Bonchev–Trinajstić information content (AvgIpc) is 3.14. The SMILES string of the molecule is Cc1ccc(-c2nnc(SCc3c(Cl)cccc3Cl)n2-c2ccccc2)cc1Cl. The second kappa shape index (κ2) is 8.80. The molecule has 0 saturated heterocycles. The molecular weight excluding hydrogens is 445 g/mol. The van der Waals surface area contributed by atoms with E-state index in [4.69, 9.17) is 34.8 Å². The van der Waals surface area contributed by atoms with Gasteiger partial charge in [-0.15, -0.1) is 10.2 Å². The lowest BCUT2D eigenvalue weighted by atomic mass is 10.1. The van der Waals surface area contributed by atoms with Gasteiger partial charge < -0.3 is 0 Å². The Balaban J connectivity index is 1.76. The molecule has 1 heterocycles. The zero-order valence-electron chi connectivity index (χ0n) is 15.4. The van der Waals surface area contributed by atoms with E-state index >= 15 is 0 Å². The number of rotatable bonds is 5. The third kappa shape index (κ3) is 4.31. The molecule has 0 spiro atoms. The number of benzene rings is 3. The molecular formula is C22H16Cl3N3S. The highest BCUT2D eigenvalue weighted by Gasteiger charge is 2.18. The highest BCUT2D eigenvalue weighted by Crippen LogP contribution is 2.34. The number of thioether (sulfide) groups is 1. The summed E-state index contributed by atoms with van der Waals surface area (Å²) < 4.78 is 2.02. The topological polar surface area (TPSA) is 30.7 Å². The second-order valence-electron chi connectivity index (χ2n) is 6.43. The summed E-state index contributed by atoms with van der Waals surface area (Å²) in [7, 11) is 0. The van der Waals surface area contributed by atoms with E-state index in [0.717, 1.165) is 33.4 Å². The minimum absolute atomic E-state index is 0.581. The zero-order valence-corrected chi connectivity index (χ0v) is 18.5. The number of para-hydroxylation sites is 1. The van der Waals surface area contributed by atoms with Crippen LogP contribution in [0, 0.1) is 6.92 Å². The van der Waals surface area contributed by atoms with Crippen LogP contribution in [0.4, 0.5) is 0 Å². The predicted molar refractivity (Wildman–Crippen MR) is 123 cm³/mol. The molecule has 0 fully saturated rings. The van der Waals surface area contributed by atoms with Crippen molar-refractivity contribution in [3.05, 3.63) is 92.9 Å². The number of hydrogen-bond donors (Lipinski definition) is 0. The highest BCUT2D eigenvalue weighted by molar-refractivity contribution is 7.98. The molecule has 0 aliphatic carbocycles. The van der Waals surface area contributed by atoms with E-state index in [-0.39, 0.29) is 0 Å². The van der Waals surface area contributed by atoms with Crippen molar-refractivity contribution in [1.82, 2.24) is 14.8 Å². The summed E-state index contributed by atoms with van der Waals surface area (Å²) in [5.41, 5.74) is 3.77. The Morgan fingerprint density at radius 3 is 2.24 bits per heavy atom. The summed E-state index contributed by atoms with van der Waals surface area (Å²) in [5.74, 6) is 1.31. The van der Waals surface area contributed by atoms with E-state index < -0.39 is 0 Å². The predicted octanol–water partition coefficient (Wildman–Crippen LogP) is 7.50. The molecule has 3 aromatic carbocycles. The van der Waals surface area contributed by atoms with E-state index in [1.54, 1.807) is 0 Å². The molecule has 0 bridgehead atoms. The molecule has 1 aromatic heterocycles. The summed E-state index contributed by atoms with van der Waals surface area (Å²) in [6, 6.07) is 21.4. The molecule has 0 N–H and O–H groups in total. The summed E-state index contributed by atoms with van der Waals surface area (Å²) in [4.78, 5) is 0. The summed E-state index contributed by atoms with van der Waals surface area (Å²) in [6.07, 6.45) is 0. The van der Waals surface area contributed by atoms with Gasteiger partial charge in [-0.05, 0) is 48.4 Å². The fourth-order valence-electron chi connectivity index (χ4n) is 2.90. The fraction of sp³-hybridized carbons (Fsp3) is 0.0909. The lowest BCUT2D eigenvalue weighted by Gasteiger charge is -2.12. The Labute approximate surface area is 188 Å². The molecule has 0 atom stereocenters. The molecule has 7 heteroatoms. The van der Waals surface area contributed by atoms with Gasteiger partial charge in [-0.25, -0.2) is 0 Å². The number of hydrogen-bond acceptors (Lipinski definition) is 3. The number of aromatic nitrogens is 3. The first-order valence-electron chi connectivity index (χ1n) is 8.87. The van der Waals surface area contributed by atoms with Gasteiger partial charge in [-0.1, -0.05) is 83.0 Å². The number of halogens is 3. The van der Waals surface area contributed by atoms with Crippen LogP contribution in [-0.2, 0) is 5.75 Å². The van der Waals surface area contributed by atoms with Crippen molar-refractivity contribution in [1.29, 1.82) is 0 Å². The van der Waals surface area contributed by atoms with E-state index in [9.17, 15) is 0 Å². The van der Waals surface area contributed by atoms with Crippen LogP contribution in [0.15, 0.2) is 71.9 Å². The Hall–Kier alpha value is -1.98. The summed E-state index contributed by atoms with van der Waals surface area (Å²) >= 11 is 20.5. The maximum Gasteiger partial charge on any atom is 0.196 e. The van der Waals surface area contributed by atoms with Gasteiger partial charge in [-0.2, -0.15) is 0 Å². The molecule has 0 amide bonds. The maximum absolute atomic E-state index is 6.35. The van der Waals surface area contributed by atoms with Gasteiger partial charge >= 0.3 is 0 Å². The lowest BCUT2D eigenvalue weighted by Crippen LogP contribution is -2.00. The molecule has 0 aliphatic heterocycles. The molecule has 0 aliphatic rings. The number of nitrogens with zero attached hydrogens (tertiary/aromatic N) is 3. The van der Waals surface area contributed by atoms with Crippen LogP contribution in [0.25, 0.3) is 17.1 Å². The summed E-state index contributed by atoms with van der Waals surface area (Å²) in [6.45, 7) is 1.97. The lowest BCUT2D eigenvalue weighted by molar-refractivity contribution is 0.886. The van der Waals surface area contributed by atoms with Crippen molar-refractivity contribution in [3.63, 3.8) is 0 Å². The van der Waals surface area contributed by atoms with E-state index in [1.165, 1.54) is 11.8 Å². The van der Waals surface area contributed by atoms with Crippen molar-refractivity contribution >= 4 is 46.6 Å². The van der Waals surface area contributed by atoms with Crippen LogP contribution < -0.4 is 0 Å². The third-order valence-corrected chi connectivity index (χ3v) is 6.56. The fourth-order valence-corrected chi connectivity index (χ4v) is 4.77. The van der Waals surface area contributed by atoms with Gasteiger partial charge in [0.2, 0.25) is 0 Å². The van der Waals surface area contributed by atoms with Gasteiger partial charge in [-0.3, -0.25) is 4.57 Å². The van der Waals surface area contributed by atoms with Crippen molar-refractivity contribution in [3.8, 4) is 17.1 Å². The molecule has 4 aromatic rings. The smallest absolute Gasteiger partial charge is 0.196 e. The first-order valence-corrected chi connectivity index (χ1v) is 11.0. The normalized spacial score (nSPS) is 11.0. The first kappa shape index (κ1) is 20.3. The first-order chi connectivity index (χ1) is 14.0. The quantitative estimate of drug-likeness (QED) is 0.289. The Morgan fingerprint density at radius 2 is 1.55 bits per heavy atom. The van der Waals surface area contributed by atoms with Gasteiger partial charge in [0, 0.05) is 32.1 Å². The summed E-state index contributed by atoms with van der Waals surface area (Å²) in [5, 5.41) is 11.6. The average molecular weight is 461 g/mol. The minimum atomic E-state index is 0.581. The van der Waals surface area contributed by atoms with Gasteiger partial charge in [0.05, 0.1) is 0 Å². The second-order valence-corrected chi connectivity index (χ2v) is 8.59. The van der Waals surface area contributed by atoms with Crippen LogP contribution in [0.1, 0.15) is 11.1 Å². The van der Waals surface area contributed by atoms with Crippen LogP contribution >= 0.6 is 46.6 Å². The molecule has 0 radical (unpaired) electrons. The van der Waals surface area contributed by atoms with E-state index in [1.807, 2.05) is 78.2 Å². The number of aryl methyl sites for hydroxylation is 1. The molecule has 3 nitrogen and oxygen atoms in total. The van der Waals surface area contributed by atoms with Crippen LogP contribution in [-0.4, -0.2) is 14.8 Å². The molecule has 0 saturated carbocycles.